The molecule has 3 fully saturated rings. The minimum atomic E-state index is -1.12. The van der Waals surface area contributed by atoms with Crippen LogP contribution in [0.4, 0.5) is 0 Å². The molecular formula is C33H49N7O6. The van der Waals surface area contributed by atoms with Crippen LogP contribution in [-0.2, 0) is 24.0 Å². The molecule has 6 unspecified atom stereocenters. The van der Waals surface area contributed by atoms with E-state index in [1.165, 1.54) is 18.6 Å². The number of amides is 5. The van der Waals surface area contributed by atoms with Crippen LogP contribution < -0.4 is 21.7 Å². The Morgan fingerprint density at radius 3 is 2.28 bits per heavy atom. The summed E-state index contributed by atoms with van der Waals surface area (Å²) in [6.45, 7) is 7.72. The van der Waals surface area contributed by atoms with E-state index in [1.54, 1.807) is 4.90 Å². The fourth-order valence-electron chi connectivity index (χ4n) is 7.40. The van der Waals surface area contributed by atoms with Gasteiger partial charge in [-0.05, 0) is 55.3 Å². The fraction of sp³-hybridized carbons (Fsp3) is 0.697. The van der Waals surface area contributed by atoms with Gasteiger partial charge in [-0.25, -0.2) is 4.98 Å². The lowest BCUT2D eigenvalue weighted by Gasteiger charge is -2.38. The molecule has 2 aliphatic carbocycles. The molecule has 13 nitrogen and oxygen atoms in total. The maximum atomic E-state index is 14.5. The van der Waals surface area contributed by atoms with E-state index in [0.717, 1.165) is 51.4 Å². The SMILES string of the molecule is CCCC(NC(=O)C1C2CCCC2CN1C(=O)C(NC(=O)C(NC(=O)c1cnccn1)C1CCCCC1)C(C)(C)C)C(=O)C(N)=O. The third-order valence-electron chi connectivity index (χ3n) is 9.78. The smallest absolute Gasteiger partial charge is 0.287 e. The molecule has 3 aliphatic rings. The van der Waals surface area contributed by atoms with Crippen LogP contribution in [0.2, 0.25) is 0 Å². The molecular weight excluding hydrogens is 590 g/mol. The number of likely N-dealkylation sites (tertiary alicyclic amines) is 1. The number of nitrogens with two attached hydrogens (primary N) is 1. The van der Waals surface area contributed by atoms with E-state index in [1.807, 2.05) is 27.7 Å². The number of carbonyl (C=O) groups excluding carboxylic acids is 6. The van der Waals surface area contributed by atoms with Crippen molar-refractivity contribution in [3.05, 3.63) is 24.3 Å². The standard InChI is InChI=1S/C33H49N7O6/c1-5-10-22(26(41)28(34)42)37-31(45)25-21-14-9-13-20(21)18-40(25)32(46)27(33(2,3)4)39-30(44)24(19-11-7-6-8-12-19)38-29(43)23-17-35-15-16-36-23/h15-17,19-22,24-25,27H,5-14,18H2,1-4H3,(H2,34,42)(H,37,45)(H,38,43)(H,39,44). The van der Waals surface area contributed by atoms with E-state index >= 15 is 0 Å². The van der Waals surface area contributed by atoms with Gasteiger partial charge in [-0.15, -0.1) is 0 Å². The van der Waals surface area contributed by atoms with E-state index in [4.69, 9.17) is 5.73 Å². The summed E-state index contributed by atoms with van der Waals surface area (Å²) < 4.78 is 0. The highest BCUT2D eigenvalue weighted by Gasteiger charge is 2.52. The number of hydrogen-bond donors (Lipinski definition) is 4. The summed E-state index contributed by atoms with van der Waals surface area (Å²) in [6.07, 6.45) is 12.0. The van der Waals surface area contributed by atoms with E-state index in [9.17, 15) is 28.8 Å². The van der Waals surface area contributed by atoms with Crippen LogP contribution in [0.3, 0.4) is 0 Å². The minimum absolute atomic E-state index is 0.0909. The Balaban J connectivity index is 1.58. The lowest BCUT2D eigenvalue weighted by Crippen LogP contribution is -2.62. The molecule has 0 aromatic carbocycles. The van der Waals surface area contributed by atoms with Gasteiger partial charge in [-0.1, -0.05) is 59.8 Å². The molecule has 1 saturated heterocycles. The summed E-state index contributed by atoms with van der Waals surface area (Å²) in [6, 6.07) is -3.82. The second-order valence-corrected chi connectivity index (χ2v) is 14.1. The molecule has 13 heteroatoms. The molecule has 4 rings (SSSR count). The number of rotatable bonds is 12. The van der Waals surface area contributed by atoms with Crippen molar-refractivity contribution in [2.24, 2.45) is 28.9 Å². The topological polar surface area (TPSA) is 194 Å². The average molecular weight is 640 g/mol. The molecule has 46 heavy (non-hydrogen) atoms. The van der Waals surface area contributed by atoms with Gasteiger partial charge in [0.1, 0.15) is 23.8 Å². The van der Waals surface area contributed by atoms with Crippen LogP contribution in [-0.4, -0.2) is 80.9 Å². The molecule has 0 bridgehead atoms. The molecule has 1 aromatic rings. The summed E-state index contributed by atoms with van der Waals surface area (Å²) in [4.78, 5) is 89.2. The van der Waals surface area contributed by atoms with Crippen LogP contribution in [0.5, 0.6) is 0 Å². The zero-order chi connectivity index (χ0) is 33.6. The predicted molar refractivity (Wildman–Crippen MR) is 169 cm³/mol. The zero-order valence-electron chi connectivity index (χ0n) is 27.4. The normalized spacial score (nSPS) is 23.5. The van der Waals surface area contributed by atoms with E-state index in [-0.39, 0.29) is 29.9 Å². The third-order valence-corrected chi connectivity index (χ3v) is 9.78. The third kappa shape index (κ3) is 8.08. The molecule has 5 N–H and O–H groups in total. The van der Waals surface area contributed by atoms with Crippen LogP contribution in [0.25, 0.3) is 0 Å². The number of fused-ring (bicyclic) bond motifs is 1. The van der Waals surface area contributed by atoms with Crippen molar-refractivity contribution < 1.29 is 28.8 Å². The van der Waals surface area contributed by atoms with Crippen molar-refractivity contribution in [2.75, 3.05) is 6.54 Å². The molecule has 5 amide bonds. The van der Waals surface area contributed by atoms with Crippen molar-refractivity contribution in [3.8, 4) is 0 Å². The Bertz CT molecular complexity index is 1290. The number of ketones is 1. The fourth-order valence-corrected chi connectivity index (χ4v) is 7.40. The first kappa shape index (κ1) is 35.0. The highest BCUT2D eigenvalue weighted by molar-refractivity contribution is 6.37. The van der Waals surface area contributed by atoms with Gasteiger partial charge in [0.05, 0.1) is 12.2 Å². The molecule has 252 valence electrons. The molecule has 0 spiro atoms. The van der Waals surface area contributed by atoms with Crippen LogP contribution in [0.15, 0.2) is 18.6 Å². The van der Waals surface area contributed by atoms with Crippen LogP contribution >= 0.6 is 0 Å². The van der Waals surface area contributed by atoms with Gasteiger partial charge in [0, 0.05) is 18.9 Å². The zero-order valence-corrected chi connectivity index (χ0v) is 27.4. The molecule has 2 heterocycles. The highest BCUT2D eigenvalue weighted by atomic mass is 16.2. The monoisotopic (exact) mass is 639 g/mol. The largest absolute Gasteiger partial charge is 0.363 e. The average Bonchev–Trinajstić information content (AvgIpc) is 3.63. The van der Waals surface area contributed by atoms with Gasteiger partial charge in [-0.2, -0.15) is 0 Å². The quantitative estimate of drug-likeness (QED) is 0.248. The Morgan fingerprint density at radius 2 is 1.67 bits per heavy atom. The molecule has 2 saturated carbocycles. The number of nitrogens with zero attached hydrogens (tertiary/aromatic N) is 3. The molecule has 1 aliphatic heterocycles. The number of Topliss-reactive ketones (excluding diaryl/α,β-unsaturated/α-hetero) is 1. The first-order valence-corrected chi connectivity index (χ1v) is 16.6. The Hall–Kier alpha value is -3.90. The van der Waals surface area contributed by atoms with E-state index < -0.39 is 64.9 Å². The maximum Gasteiger partial charge on any atom is 0.287 e. The van der Waals surface area contributed by atoms with Crippen molar-refractivity contribution in [1.29, 1.82) is 0 Å². The molecule has 1 aromatic heterocycles. The number of aromatic nitrogens is 2. The van der Waals surface area contributed by atoms with Gasteiger partial charge in [0.15, 0.2) is 0 Å². The maximum absolute atomic E-state index is 14.5. The minimum Gasteiger partial charge on any atom is -0.363 e. The van der Waals surface area contributed by atoms with Crippen molar-refractivity contribution in [1.82, 2.24) is 30.8 Å². The summed E-state index contributed by atoms with van der Waals surface area (Å²) in [5, 5.41) is 8.57. The van der Waals surface area contributed by atoms with Gasteiger partial charge in [0.25, 0.3) is 11.8 Å². The van der Waals surface area contributed by atoms with Crippen LogP contribution in [0, 0.1) is 23.2 Å². The van der Waals surface area contributed by atoms with Crippen molar-refractivity contribution in [3.63, 3.8) is 0 Å². The summed E-state index contributed by atoms with van der Waals surface area (Å²) in [7, 11) is 0. The van der Waals surface area contributed by atoms with Gasteiger partial charge in [-0.3, -0.25) is 33.8 Å². The van der Waals surface area contributed by atoms with Gasteiger partial charge < -0.3 is 26.6 Å². The van der Waals surface area contributed by atoms with Crippen LogP contribution in [0.1, 0.15) is 102 Å². The van der Waals surface area contributed by atoms with Gasteiger partial charge in [0.2, 0.25) is 23.5 Å². The number of hydrogen-bond acceptors (Lipinski definition) is 8. The first-order valence-electron chi connectivity index (χ1n) is 16.6. The lowest BCUT2D eigenvalue weighted by molar-refractivity contribution is -0.146. The summed E-state index contributed by atoms with van der Waals surface area (Å²) >= 11 is 0. The summed E-state index contributed by atoms with van der Waals surface area (Å²) in [5.74, 6) is -3.98. The predicted octanol–water partition coefficient (Wildman–Crippen LogP) is 1.65. The second kappa shape index (κ2) is 15.1. The Kier molecular flexibility index (Phi) is 11.5. The Labute approximate surface area is 270 Å². The summed E-state index contributed by atoms with van der Waals surface area (Å²) in [5.41, 5.74) is 4.60. The number of carbonyl (C=O) groups is 6. The lowest BCUT2D eigenvalue weighted by atomic mass is 9.82. The number of primary amides is 1. The van der Waals surface area contributed by atoms with Gasteiger partial charge >= 0.3 is 0 Å². The Morgan fingerprint density at radius 1 is 0.957 bits per heavy atom. The first-order chi connectivity index (χ1) is 21.8. The highest BCUT2D eigenvalue weighted by Crippen LogP contribution is 2.43. The molecule has 6 atom stereocenters. The van der Waals surface area contributed by atoms with E-state index in [0.29, 0.717) is 13.0 Å². The van der Waals surface area contributed by atoms with Crippen molar-refractivity contribution in [2.45, 2.75) is 116 Å². The molecule has 0 radical (unpaired) electrons. The second-order valence-electron chi connectivity index (χ2n) is 14.1. The number of nitrogens with one attached hydrogen (secondary N) is 3. The van der Waals surface area contributed by atoms with Crippen molar-refractivity contribution >= 4 is 35.3 Å². The van der Waals surface area contributed by atoms with E-state index in [2.05, 4.69) is 25.9 Å².